The molecule has 0 unspecified atom stereocenters. The summed E-state index contributed by atoms with van der Waals surface area (Å²) in [6, 6.07) is 5.90. The maximum Gasteiger partial charge on any atom is 0.0841 e. The molecule has 1 aliphatic rings. The summed E-state index contributed by atoms with van der Waals surface area (Å²) in [5.74, 6) is 0.665. The van der Waals surface area contributed by atoms with E-state index in [0.29, 0.717) is 5.92 Å². The van der Waals surface area contributed by atoms with Gasteiger partial charge in [-0.15, -0.1) is 0 Å². The predicted octanol–water partition coefficient (Wildman–Crippen LogP) is 3.44. The Morgan fingerprint density at radius 3 is 2.43 bits per heavy atom. The Labute approximate surface area is 89.7 Å². The molecule has 0 atom stereocenters. The lowest BCUT2D eigenvalue weighted by molar-refractivity contribution is 0.0786. The minimum Gasteiger partial charge on any atom is -0.386 e. The molecule has 1 saturated carbocycles. The predicted molar refractivity (Wildman–Crippen MR) is 58.7 cm³/mol. The number of hydrogen-bond acceptors (Lipinski definition) is 1. The van der Waals surface area contributed by atoms with Crippen LogP contribution in [0.1, 0.15) is 43.7 Å². The fourth-order valence-corrected chi connectivity index (χ4v) is 1.97. The van der Waals surface area contributed by atoms with E-state index in [4.69, 9.17) is 11.6 Å². The maximum absolute atomic E-state index is 9.80. The van der Waals surface area contributed by atoms with Crippen LogP contribution in [-0.2, 0) is 5.60 Å². The topological polar surface area (TPSA) is 20.2 Å². The van der Waals surface area contributed by atoms with Gasteiger partial charge >= 0.3 is 0 Å². The molecule has 0 bridgehead atoms. The summed E-state index contributed by atoms with van der Waals surface area (Å²) in [5.41, 5.74) is 1.32. The average molecular weight is 211 g/mol. The van der Waals surface area contributed by atoms with Gasteiger partial charge in [0, 0.05) is 5.02 Å². The minimum absolute atomic E-state index is 0.665. The highest BCUT2D eigenvalue weighted by Crippen LogP contribution is 2.43. The Kier molecular flexibility index (Phi) is 2.32. The van der Waals surface area contributed by atoms with E-state index in [2.05, 4.69) is 0 Å². The van der Waals surface area contributed by atoms with Crippen molar-refractivity contribution in [1.82, 2.24) is 0 Å². The van der Waals surface area contributed by atoms with Crippen LogP contribution in [0.5, 0.6) is 0 Å². The lowest BCUT2D eigenvalue weighted by Gasteiger charge is -2.18. The van der Waals surface area contributed by atoms with E-state index in [9.17, 15) is 5.11 Å². The Balaban J connectivity index is 2.35. The van der Waals surface area contributed by atoms with Gasteiger partial charge in [0.05, 0.1) is 5.60 Å². The zero-order chi connectivity index (χ0) is 10.3. The van der Waals surface area contributed by atoms with Crippen molar-refractivity contribution >= 4 is 11.6 Å². The molecule has 0 aromatic heterocycles. The minimum atomic E-state index is -0.800. The van der Waals surface area contributed by atoms with E-state index in [1.165, 1.54) is 18.4 Å². The van der Waals surface area contributed by atoms with Gasteiger partial charge in [0.1, 0.15) is 0 Å². The molecule has 2 heteroatoms. The van der Waals surface area contributed by atoms with Gasteiger partial charge in [-0.3, -0.25) is 0 Å². The number of hydrogen-bond donors (Lipinski definition) is 1. The highest BCUT2D eigenvalue weighted by atomic mass is 35.5. The van der Waals surface area contributed by atoms with Crippen molar-refractivity contribution in [3.05, 3.63) is 34.3 Å². The number of halogens is 1. The number of benzene rings is 1. The van der Waals surface area contributed by atoms with Gasteiger partial charge in [0.2, 0.25) is 0 Å². The summed E-state index contributed by atoms with van der Waals surface area (Å²) in [7, 11) is 0. The van der Waals surface area contributed by atoms with Crippen molar-refractivity contribution < 1.29 is 5.11 Å². The van der Waals surface area contributed by atoms with Gasteiger partial charge in [-0.1, -0.05) is 23.7 Å². The Hall–Kier alpha value is -0.530. The molecule has 1 fully saturated rings. The van der Waals surface area contributed by atoms with Crippen LogP contribution in [0.15, 0.2) is 18.2 Å². The van der Waals surface area contributed by atoms with Gasteiger partial charge in [-0.25, -0.2) is 0 Å². The molecule has 14 heavy (non-hydrogen) atoms. The zero-order valence-electron chi connectivity index (χ0n) is 8.55. The zero-order valence-corrected chi connectivity index (χ0v) is 9.30. The Bertz CT molecular complexity index is 348. The van der Waals surface area contributed by atoms with Crippen molar-refractivity contribution in [3.8, 4) is 0 Å². The third-order valence-electron chi connectivity index (χ3n) is 2.72. The second kappa shape index (κ2) is 3.25. The molecular formula is C12H15ClO. The summed E-state index contributed by atoms with van der Waals surface area (Å²) in [6.07, 6.45) is 2.50. The van der Waals surface area contributed by atoms with E-state index in [0.717, 1.165) is 10.6 Å². The first-order chi connectivity index (χ1) is 6.48. The maximum atomic E-state index is 9.80. The molecule has 0 amide bonds. The van der Waals surface area contributed by atoms with Crippen molar-refractivity contribution in [2.24, 2.45) is 0 Å². The molecule has 0 spiro atoms. The highest BCUT2D eigenvalue weighted by molar-refractivity contribution is 6.31. The molecular weight excluding hydrogens is 196 g/mol. The molecule has 76 valence electrons. The molecule has 0 saturated heterocycles. The monoisotopic (exact) mass is 210 g/mol. The molecule has 0 radical (unpaired) electrons. The Morgan fingerprint density at radius 2 is 2.00 bits per heavy atom. The van der Waals surface area contributed by atoms with Crippen LogP contribution in [0.4, 0.5) is 0 Å². The summed E-state index contributed by atoms with van der Waals surface area (Å²) in [4.78, 5) is 0. The average Bonchev–Trinajstić information content (AvgIpc) is 2.85. The second-order valence-corrected chi connectivity index (χ2v) is 4.98. The van der Waals surface area contributed by atoms with Crippen molar-refractivity contribution in [1.29, 1.82) is 0 Å². The van der Waals surface area contributed by atoms with Gasteiger partial charge < -0.3 is 5.11 Å². The van der Waals surface area contributed by atoms with E-state index in [1.807, 2.05) is 18.2 Å². The van der Waals surface area contributed by atoms with Gasteiger partial charge in [0.25, 0.3) is 0 Å². The first-order valence-electron chi connectivity index (χ1n) is 5.01. The lowest BCUT2D eigenvalue weighted by Crippen LogP contribution is -2.15. The van der Waals surface area contributed by atoms with Crippen molar-refractivity contribution in [3.63, 3.8) is 0 Å². The van der Waals surface area contributed by atoms with Crippen LogP contribution in [-0.4, -0.2) is 5.11 Å². The normalized spacial score (nSPS) is 17.1. The van der Waals surface area contributed by atoms with Gasteiger partial charge in [-0.05, 0) is 49.8 Å². The van der Waals surface area contributed by atoms with Gasteiger partial charge in [0.15, 0.2) is 0 Å². The van der Waals surface area contributed by atoms with Crippen molar-refractivity contribution in [2.45, 2.75) is 38.2 Å². The molecule has 2 rings (SSSR count). The van der Waals surface area contributed by atoms with Crippen LogP contribution in [0, 0.1) is 0 Å². The third-order valence-corrected chi connectivity index (χ3v) is 3.05. The summed E-state index contributed by atoms with van der Waals surface area (Å²) < 4.78 is 0. The van der Waals surface area contributed by atoms with E-state index in [-0.39, 0.29) is 0 Å². The first-order valence-corrected chi connectivity index (χ1v) is 5.38. The molecule has 1 N–H and O–H groups in total. The first kappa shape index (κ1) is 10.0. The van der Waals surface area contributed by atoms with Crippen LogP contribution in [0.2, 0.25) is 5.02 Å². The SMILES string of the molecule is CC(C)(O)c1ccc(C2CC2)c(Cl)c1. The van der Waals surface area contributed by atoms with E-state index >= 15 is 0 Å². The largest absolute Gasteiger partial charge is 0.386 e. The summed E-state index contributed by atoms with van der Waals surface area (Å²) in [6.45, 7) is 3.55. The van der Waals surface area contributed by atoms with Crippen LogP contribution < -0.4 is 0 Å². The summed E-state index contributed by atoms with van der Waals surface area (Å²) >= 11 is 6.16. The van der Waals surface area contributed by atoms with Gasteiger partial charge in [-0.2, -0.15) is 0 Å². The van der Waals surface area contributed by atoms with Crippen LogP contribution >= 0.6 is 11.6 Å². The van der Waals surface area contributed by atoms with Crippen LogP contribution in [0.3, 0.4) is 0 Å². The fraction of sp³-hybridized carbons (Fsp3) is 0.500. The quantitative estimate of drug-likeness (QED) is 0.793. The van der Waals surface area contributed by atoms with E-state index in [1.54, 1.807) is 13.8 Å². The van der Waals surface area contributed by atoms with Crippen LogP contribution in [0.25, 0.3) is 0 Å². The van der Waals surface area contributed by atoms with Crippen molar-refractivity contribution in [2.75, 3.05) is 0 Å². The standard InChI is InChI=1S/C12H15ClO/c1-12(2,14)9-5-6-10(8-3-4-8)11(13)7-9/h5-8,14H,3-4H2,1-2H3. The number of rotatable bonds is 2. The number of aliphatic hydroxyl groups is 1. The summed E-state index contributed by atoms with van der Waals surface area (Å²) in [5, 5.41) is 10.6. The molecule has 1 aliphatic carbocycles. The molecule has 0 aliphatic heterocycles. The Morgan fingerprint density at radius 1 is 1.36 bits per heavy atom. The fourth-order valence-electron chi connectivity index (χ4n) is 1.63. The molecule has 1 aromatic rings. The lowest BCUT2D eigenvalue weighted by atomic mass is 9.96. The molecule has 1 aromatic carbocycles. The second-order valence-electron chi connectivity index (χ2n) is 4.57. The molecule has 0 heterocycles. The smallest absolute Gasteiger partial charge is 0.0841 e. The molecule has 1 nitrogen and oxygen atoms in total. The third kappa shape index (κ3) is 1.94. The van der Waals surface area contributed by atoms with E-state index < -0.39 is 5.60 Å². The highest BCUT2D eigenvalue weighted by Gasteiger charge is 2.26.